The van der Waals surface area contributed by atoms with Crippen molar-refractivity contribution in [2.24, 2.45) is 17.3 Å². The Morgan fingerprint density at radius 1 is 1.29 bits per heavy atom. The summed E-state index contributed by atoms with van der Waals surface area (Å²) in [5.41, 5.74) is 0.666. The molecule has 0 bridgehead atoms. The molecule has 1 saturated carbocycles. The van der Waals surface area contributed by atoms with Crippen LogP contribution in [0.15, 0.2) is 5.38 Å². The van der Waals surface area contributed by atoms with Gasteiger partial charge in [0.2, 0.25) is 5.91 Å². The topological polar surface area (TPSA) is 73.7 Å². The minimum Gasteiger partial charge on any atom is -0.481 e. The number of aromatic nitrogens is 1. The van der Waals surface area contributed by atoms with Crippen molar-refractivity contribution >= 4 is 23.2 Å². The van der Waals surface area contributed by atoms with Crippen LogP contribution in [0.3, 0.4) is 0 Å². The van der Waals surface area contributed by atoms with E-state index in [1.54, 1.807) is 11.3 Å². The number of carboxylic acids is 1. The molecule has 1 aliphatic heterocycles. The van der Waals surface area contributed by atoms with Crippen LogP contribution in [-0.4, -0.2) is 57.9 Å². The molecule has 1 saturated heterocycles. The Labute approximate surface area is 146 Å². The molecule has 2 atom stereocenters. The van der Waals surface area contributed by atoms with Gasteiger partial charge in [-0.15, -0.1) is 11.3 Å². The van der Waals surface area contributed by atoms with Crippen molar-refractivity contribution in [3.8, 4) is 0 Å². The molecule has 1 aromatic heterocycles. The fourth-order valence-electron chi connectivity index (χ4n) is 3.82. The van der Waals surface area contributed by atoms with E-state index in [0.717, 1.165) is 36.8 Å². The molecule has 132 valence electrons. The van der Waals surface area contributed by atoms with E-state index in [0.29, 0.717) is 13.1 Å². The molecule has 7 heteroatoms. The van der Waals surface area contributed by atoms with E-state index in [1.807, 2.05) is 25.7 Å². The van der Waals surface area contributed by atoms with Crippen LogP contribution in [0.2, 0.25) is 0 Å². The van der Waals surface area contributed by atoms with Gasteiger partial charge in [-0.1, -0.05) is 13.8 Å². The van der Waals surface area contributed by atoms with Crippen molar-refractivity contribution in [3.63, 3.8) is 0 Å². The number of rotatable bonds is 4. The van der Waals surface area contributed by atoms with Gasteiger partial charge in [0.1, 0.15) is 0 Å². The van der Waals surface area contributed by atoms with Crippen LogP contribution in [0.5, 0.6) is 0 Å². The van der Waals surface area contributed by atoms with Gasteiger partial charge >= 0.3 is 5.97 Å². The fraction of sp³-hybridized carbons (Fsp3) is 0.706. The number of aliphatic carboxylic acids is 1. The number of amides is 1. The van der Waals surface area contributed by atoms with E-state index in [-0.39, 0.29) is 11.8 Å². The molecule has 1 N–H and O–H groups in total. The second-order valence-electron chi connectivity index (χ2n) is 7.43. The van der Waals surface area contributed by atoms with Crippen LogP contribution in [0.4, 0.5) is 0 Å². The van der Waals surface area contributed by atoms with E-state index in [2.05, 4.69) is 15.3 Å². The highest BCUT2D eigenvalue weighted by molar-refractivity contribution is 7.09. The number of hydrogen-bond donors (Lipinski definition) is 1. The van der Waals surface area contributed by atoms with Crippen molar-refractivity contribution in [3.05, 3.63) is 16.1 Å². The number of aryl methyl sites for hydroxylation is 1. The summed E-state index contributed by atoms with van der Waals surface area (Å²) in [6, 6.07) is 0. The van der Waals surface area contributed by atoms with Gasteiger partial charge < -0.3 is 10.0 Å². The van der Waals surface area contributed by atoms with E-state index in [9.17, 15) is 14.7 Å². The second kappa shape index (κ2) is 6.44. The number of nitrogens with zero attached hydrogens (tertiary/aromatic N) is 3. The summed E-state index contributed by atoms with van der Waals surface area (Å²) in [7, 11) is 0. The Morgan fingerprint density at radius 3 is 2.62 bits per heavy atom. The first-order valence-electron chi connectivity index (χ1n) is 8.45. The van der Waals surface area contributed by atoms with Gasteiger partial charge in [-0.25, -0.2) is 4.98 Å². The third-order valence-corrected chi connectivity index (χ3v) is 6.13. The number of carbonyl (C=O) groups excluding carboxylic acids is 1. The van der Waals surface area contributed by atoms with Crippen molar-refractivity contribution in [1.29, 1.82) is 0 Å². The van der Waals surface area contributed by atoms with Crippen LogP contribution in [0.25, 0.3) is 0 Å². The van der Waals surface area contributed by atoms with Gasteiger partial charge in [0.05, 0.1) is 22.5 Å². The molecule has 1 aliphatic carbocycles. The zero-order valence-corrected chi connectivity index (χ0v) is 15.3. The summed E-state index contributed by atoms with van der Waals surface area (Å²) in [6.07, 6.45) is 0.916. The Balaban J connectivity index is 1.57. The Hall–Kier alpha value is -1.47. The minimum absolute atomic E-state index is 0.0127. The average Bonchev–Trinajstić information content (AvgIpc) is 2.99. The van der Waals surface area contributed by atoms with E-state index < -0.39 is 17.3 Å². The van der Waals surface area contributed by atoms with E-state index >= 15 is 0 Å². The van der Waals surface area contributed by atoms with Crippen LogP contribution in [-0.2, 0) is 16.1 Å². The molecule has 2 aliphatic rings. The molecule has 24 heavy (non-hydrogen) atoms. The van der Waals surface area contributed by atoms with Crippen LogP contribution in [0, 0.1) is 24.2 Å². The predicted molar refractivity (Wildman–Crippen MR) is 91.7 cm³/mol. The Morgan fingerprint density at radius 2 is 2.04 bits per heavy atom. The van der Waals surface area contributed by atoms with E-state index in [1.165, 1.54) is 0 Å². The highest BCUT2D eigenvalue weighted by Gasteiger charge is 2.66. The first-order valence-corrected chi connectivity index (χ1v) is 9.33. The molecule has 2 fully saturated rings. The molecule has 6 nitrogen and oxygen atoms in total. The summed E-state index contributed by atoms with van der Waals surface area (Å²) in [6.45, 7) is 9.72. The molecule has 1 amide bonds. The summed E-state index contributed by atoms with van der Waals surface area (Å²) in [4.78, 5) is 32.8. The molecule has 0 radical (unpaired) electrons. The lowest BCUT2D eigenvalue weighted by Crippen LogP contribution is -2.37. The minimum atomic E-state index is -0.853. The average molecular weight is 351 g/mol. The van der Waals surface area contributed by atoms with Crippen molar-refractivity contribution in [1.82, 2.24) is 14.8 Å². The largest absolute Gasteiger partial charge is 0.481 e. The third-order valence-electron chi connectivity index (χ3n) is 5.31. The van der Waals surface area contributed by atoms with Crippen LogP contribution < -0.4 is 0 Å². The van der Waals surface area contributed by atoms with Gasteiger partial charge in [-0.2, -0.15) is 0 Å². The Kier molecular flexibility index (Phi) is 4.66. The predicted octanol–water partition coefficient (Wildman–Crippen LogP) is 1.84. The summed E-state index contributed by atoms with van der Waals surface area (Å²) in [5.74, 6) is -1.75. The van der Waals surface area contributed by atoms with Crippen molar-refractivity contribution in [2.75, 3.05) is 26.2 Å². The highest BCUT2D eigenvalue weighted by Crippen LogP contribution is 2.59. The van der Waals surface area contributed by atoms with Crippen molar-refractivity contribution < 1.29 is 14.7 Å². The molecule has 2 heterocycles. The third kappa shape index (κ3) is 3.32. The summed E-state index contributed by atoms with van der Waals surface area (Å²) in [5, 5.41) is 12.5. The lowest BCUT2D eigenvalue weighted by Gasteiger charge is -2.22. The highest BCUT2D eigenvalue weighted by atomic mass is 32.1. The SMILES string of the molecule is Cc1nc(CN2CCCN(C(=O)[C@@H]3[C@H](C(=O)O)C3(C)C)CC2)cs1. The van der Waals surface area contributed by atoms with Gasteiger partial charge in [-0.05, 0) is 18.8 Å². The normalized spacial score (nSPS) is 26.9. The maximum Gasteiger partial charge on any atom is 0.307 e. The lowest BCUT2D eigenvalue weighted by molar-refractivity contribution is -0.142. The molecule has 1 aromatic rings. The zero-order chi connectivity index (χ0) is 17.5. The molecule has 3 rings (SSSR count). The molecule has 0 unspecified atom stereocenters. The van der Waals surface area contributed by atoms with E-state index in [4.69, 9.17) is 0 Å². The lowest BCUT2D eigenvalue weighted by atomic mass is 10.1. The molecular formula is C17H25N3O3S. The van der Waals surface area contributed by atoms with Crippen LogP contribution in [0.1, 0.15) is 31.0 Å². The first-order chi connectivity index (χ1) is 11.3. The van der Waals surface area contributed by atoms with Gasteiger partial charge in [0, 0.05) is 38.1 Å². The van der Waals surface area contributed by atoms with Crippen LogP contribution >= 0.6 is 11.3 Å². The summed E-state index contributed by atoms with van der Waals surface area (Å²) >= 11 is 1.66. The number of thiazole rings is 1. The molecular weight excluding hydrogens is 326 g/mol. The number of carboxylic acid groups (broad SMARTS) is 1. The second-order valence-corrected chi connectivity index (χ2v) is 8.49. The number of hydrogen-bond acceptors (Lipinski definition) is 5. The van der Waals surface area contributed by atoms with Gasteiger partial charge in [-0.3, -0.25) is 14.5 Å². The summed E-state index contributed by atoms with van der Waals surface area (Å²) < 4.78 is 0. The molecule has 0 spiro atoms. The number of carbonyl (C=O) groups is 2. The Bertz CT molecular complexity index is 643. The van der Waals surface area contributed by atoms with Crippen molar-refractivity contribution in [2.45, 2.75) is 33.7 Å². The standard InChI is InChI=1S/C17H25N3O3S/c1-11-18-12(10-24-11)9-19-5-4-6-20(8-7-19)15(21)13-14(16(22)23)17(13,2)3/h10,13-14H,4-9H2,1-3H3,(H,22,23)/t13-,14+/m0/s1. The smallest absolute Gasteiger partial charge is 0.307 e. The maximum absolute atomic E-state index is 12.7. The molecule has 0 aromatic carbocycles. The monoisotopic (exact) mass is 351 g/mol. The maximum atomic E-state index is 12.7. The first kappa shape index (κ1) is 17.4. The fourth-order valence-corrected chi connectivity index (χ4v) is 4.42. The van der Waals surface area contributed by atoms with Gasteiger partial charge in [0.15, 0.2) is 0 Å². The van der Waals surface area contributed by atoms with Gasteiger partial charge in [0.25, 0.3) is 0 Å². The quantitative estimate of drug-likeness (QED) is 0.896. The zero-order valence-electron chi connectivity index (χ0n) is 14.5.